The van der Waals surface area contributed by atoms with E-state index < -0.39 is 0 Å². The first-order valence-electron chi connectivity index (χ1n) is 5.74. The second-order valence-corrected chi connectivity index (χ2v) is 4.46. The standard InChI is InChI=1S/C13H18N2O/c1-10-4-3-5-12(8-10)14-13-6-7-15(9-13)11(2)16/h3-5,8,13-14H,6-7,9H2,1-2H3. The van der Waals surface area contributed by atoms with E-state index in [1.54, 1.807) is 6.92 Å². The Bertz CT molecular complexity index is 389. The summed E-state index contributed by atoms with van der Waals surface area (Å²) < 4.78 is 0. The number of amides is 1. The molecule has 1 aliphatic heterocycles. The third kappa shape index (κ3) is 2.54. The largest absolute Gasteiger partial charge is 0.380 e. The lowest BCUT2D eigenvalue weighted by Crippen LogP contribution is -2.29. The van der Waals surface area contributed by atoms with Crippen molar-refractivity contribution >= 4 is 11.6 Å². The van der Waals surface area contributed by atoms with Crippen molar-refractivity contribution in [1.82, 2.24) is 4.90 Å². The minimum atomic E-state index is 0.175. The maximum Gasteiger partial charge on any atom is 0.219 e. The predicted octanol–water partition coefficient (Wildman–Crippen LogP) is 2.03. The fourth-order valence-electron chi connectivity index (χ4n) is 2.13. The van der Waals surface area contributed by atoms with Crippen molar-refractivity contribution in [2.45, 2.75) is 26.3 Å². The number of hydrogen-bond acceptors (Lipinski definition) is 2. The van der Waals surface area contributed by atoms with E-state index in [-0.39, 0.29) is 5.91 Å². The van der Waals surface area contributed by atoms with Gasteiger partial charge in [-0.25, -0.2) is 0 Å². The second kappa shape index (κ2) is 4.56. The van der Waals surface area contributed by atoms with Crippen molar-refractivity contribution in [1.29, 1.82) is 0 Å². The van der Waals surface area contributed by atoms with Crippen LogP contribution in [0.4, 0.5) is 5.69 Å². The average Bonchev–Trinajstić information content (AvgIpc) is 2.66. The summed E-state index contributed by atoms with van der Waals surface area (Å²) in [7, 11) is 0. The molecular weight excluding hydrogens is 200 g/mol. The highest BCUT2D eigenvalue weighted by Gasteiger charge is 2.23. The topological polar surface area (TPSA) is 32.3 Å². The van der Waals surface area contributed by atoms with Gasteiger partial charge in [0.15, 0.2) is 0 Å². The number of nitrogens with one attached hydrogen (secondary N) is 1. The Kier molecular flexibility index (Phi) is 3.13. The van der Waals surface area contributed by atoms with Crippen LogP contribution in [0.25, 0.3) is 0 Å². The molecule has 1 heterocycles. The van der Waals surface area contributed by atoms with E-state index in [4.69, 9.17) is 0 Å². The summed E-state index contributed by atoms with van der Waals surface area (Å²) in [6, 6.07) is 8.74. The van der Waals surface area contributed by atoms with Crippen LogP contribution < -0.4 is 5.32 Å². The van der Waals surface area contributed by atoms with Gasteiger partial charge in [-0.2, -0.15) is 0 Å². The predicted molar refractivity (Wildman–Crippen MR) is 65.5 cm³/mol. The quantitative estimate of drug-likeness (QED) is 0.823. The molecule has 1 fully saturated rings. The molecule has 0 spiro atoms. The summed E-state index contributed by atoms with van der Waals surface area (Å²) in [6.45, 7) is 5.42. The third-order valence-corrected chi connectivity index (χ3v) is 3.02. The van der Waals surface area contributed by atoms with Gasteiger partial charge in [0.05, 0.1) is 0 Å². The molecule has 1 N–H and O–H groups in total. The van der Waals surface area contributed by atoms with Crippen LogP contribution in [-0.4, -0.2) is 29.9 Å². The van der Waals surface area contributed by atoms with Gasteiger partial charge in [-0.3, -0.25) is 4.79 Å². The number of anilines is 1. The van der Waals surface area contributed by atoms with Crippen LogP contribution in [-0.2, 0) is 4.79 Å². The van der Waals surface area contributed by atoms with Crippen molar-refractivity contribution in [2.24, 2.45) is 0 Å². The van der Waals surface area contributed by atoms with Crippen LogP contribution in [0, 0.1) is 6.92 Å². The molecule has 0 radical (unpaired) electrons. The highest BCUT2D eigenvalue weighted by molar-refractivity contribution is 5.73. The fourth-order valence-corrected chi connectivity index (χ4v) is 2.13. The van der Waals surface area contributed by atoms with Gasteiger partial charge >= 0.3 is 0 Å². The van der Waals surface area contributed by atoms with E-state index in [1.807, 2.05) is 4.90 Å². The first-order valence-corrected chi connectivity index (χ1v) is 5.74. The second-order valence-electron chi connectivity index (χ2n) is 4.46. The summed E-state index contributed by atoms with van der Waals surface area (Å²) >= 11 is 0. The highest BCUT2D eigenvalue weighted by atomic mass is 16.2. The van der Waals surface area contributed by atoms with Crippen LogP contribution in [0.2, 0.25) is 0 Å². The molecule has 0 bridgehead atoms. The van der Waals surface area contributed by atoms with Crippen LogP contribution in [0.15, 0.2) is 24.3 Å². The first kappa shape index (κ1) is 11.0. The molecule has 1 unspecified atom stereocenters. The molecular formula is C13H18N2O. The summed E-state index contributed by atoms with van der Waals surface area (Å²) in [4.78, 5) is 13.1. The van der Waals surface area contributed by atoms with E-state index in [9.17, 15) is 4.79 Å². The number of nitrogens with zero attached hydrogens (tertiary/aromatic N) is 1. The van der Waals surface area contributed by atoms with E-state index >= 15 is 0 Å². The van der Waals surface area contributed by atoms with Crippen molar-refractivity contribution in [3.8, 4) is 0 Å². The molecule has 1 aromatic carbocycles. The van der Waals surface area contributed by atoms with Crippen LogP contribution >= 0.6 is 0 Å². The van der Waals surface area contributed by atoms with Gasteiger partial charge in [0.1, 0.15) is 0 Å². The van der Waals surface area contributed by atoms with E-state index in [1.165, 1.54) is 5.56 Å². The molecule has 3 heteroatoms. The number of benzene rings is 1. The van der Waals surface area contributed by atoms with Gasteiger partial charge in [-0.15, -0.1) is 0 Å². The zero-order valence-electron chi connectivity index (χ0n) is 9.86. The van der Waals surface area contributed by atoms with Gasteiger partial charge in [0, 0.05) is 31.7 Å². The van der Waals surface area contributed by atoms with E-state index in [0.29, 0.717) is 6.04 Å². The Hall–Kier alpha value is -1.51. The number of likely N-dealkylation sites (tertiary alicyclic amines) is 1. The molecule has 3 nitrogen and oxygen atoms in total. The van der Waals surface area contributed by atoms with Crippen molar-refractivity contribution in [3.05, 3.63) is 29.8 Å². The van der Waals surface area contributed by atoms with Crippen LogP contribution in [0.1, 0.15) is 18.9 Å². The third-order valence-electron chi connectivity index (χ3n) is 3.02. The Balaban J connectivity index is 1.94. The summed E-state index contributed by atoms with van der Waals surface area (Å²) in [5.41, 5.74) is 2.40. The Morgan fingerprint density at radius 2 is 2.31 bits per heavy atom. The lowest BCUT2D eigenvalue weighted by Gasteiger charge is -2.16. The normalized spacial score (nSPS) is 19.9. The minimum Gasteiger partial charge on any atom is -0.380 e. The molecule has 1 amide bonds. The Morgan fingerprint density at radius 3 is 2.94 bits per heavy atom. The Morgan fingerprint density at radius 1 is 1.50 bits per heavy atom. The maximum atomic E-state index is 11.2. The van der Waals surface area contributed by atoms with Crippen LogP contribution in [0.5, 0.6) is 0 Å². The van der Waals surface area contributed by atoms with E-state index in [2.05, 4.69) is 36.5 Å². The number of hydrogen-bond donors (Lipinski definition) is 1. The minimum absolute atomic E-state index is 0.175. The average molecular weight is 218 g/mol. The first-order chi connectivity index (χ1) is 7.65. The van der Waals surface area contributed by atoms with Crippen molar-refractivity contribution in [2.75, 3.05) is 18.4 Å². The smallest absolute Gasteiger partial charge is 0.219 e. The van der Waals surface area contributed by atoms with Crippen molar-refractivity contribution < 1.29 is 4.79 Å². The van der Waals surface area contributed by atoms with Gasteiger partial charge < -0.3 is 10.2 Å². The number of aryl methyl sites for hydroxylation is 1. The summed E-state index contributed by atoms with van der Waals surface area (Å²) in [5.74, 6) is 0.175. The molecule has 16 heavy (non-hydrogen) atoms. The molecule has 0 saturated carbocycles. The molecule has 1 aliphatic rings. The van der Waals surface area contributed by atoms with Gasteiger partial charge in [0.25, 0.3) is 0 Å². The summed E-state index contributed by atoms with van der Waals surface area (Å²) in [5, 5.41) is 3.47. The SMILES string of the molecule is CC(=O)N1CCC(Nc2cccc(C)c2)C1. The molecule has 86 valence electrons. The van der Waals surface area contributed by atoms with Crippen LogP contribution in [0.3, 0.4) is 0 Å². The molecule has 0 aliphatic carbocycles. The van der Waals surface area contributed by atoms with Crippen molar-refractivity contribution in [3.63, 3.8) is 0 Å². The maximum absolute atomic E-state index is 11.2. The molecule has 1 atom stereocenters. The zero-order chi connectivity index (χ0) is 11.5. The van der Waals surface area contributed by atoms with Gasteiger partial charge in [-0.1, -0.05) is 12.1 Å². The van der Waals surface area contributed by atoms with E-state index in [0.717, 1.165) is 25.2 Å². The highest BCUT2D eigenvalue weighted by Crippen LogP contribution is 2.16. The lowest BCUT2D eigenvalue weighted by molar-refractivity contribution is -0.127. The monoisotopic (exact) mass is 218 g/mol. The molecule has 1 aromatic rings. The lowest BCUT2D eigenvalue weighted by atomic mass is 10.2. The summed E-state index contributed by atoms with van der Waals surface area (Å²) in [6.07, 6.45) is 1.04. The molecule has 1 saturated heterocycles. The van der Waals surface area contributed by atoms with Gasteiger partial charge in [0.2, 0.25) is 5.91 Å². The number of carbonyl (C=O) groups excluding carboxylic acids is 1. The fraction of sp³-hybridized carbons (Fsp3) is 0.462. The number of rotatable bonds is 2. The molecule has 2 rings (SSSR count). The zero-order valence-corrected chi connectivity index (χ0v) is 9.86. The van der Waals surface area contributed by atoms with Gasteiger partial charge in [-0.05, 0) is 31.0 Å². The Labute approximate surface area is 96.5 Å². The number of carbonyl (C=O) groups is 1. The molecule has 0 aromatic heterocycles.